The van der Waals surface area contributed by atoms with E-state index in [9.17, 15) is 4.79 Å². The number of ether oxygens (including phenoxy) is 2. The van der Waals surface area contributed by atoms with Crippen molar-refractivity contribution >= 4 is 6.29 Å². The van der Waals surface area contributed by atoms with Crippen molar-refractivity contribution in [2.75, 3.05) is 14.2 Å². The summed E-state index contributed by atoms with van der Waals surface area (Å²) in [5.41, 5.74) is 4.62. The summed E-state index contributed by atoms with van der Waals surface area (Å²) in [4.78, 5) is 20.4. The molecule has 5 nitrogen and oxygen atoms in total. The van der Waals surface area contributed by atoms with E-state index in [4.69, 9.17) is 9.47 Å². The maximum Gasteiger partial charge on any atom is 0.221 e. The van der Waals surface area contributed by atoms with Crippen molar-refractivity contribution in [3.05, 3.63) is 59.9 Å². The molecule has 0 saturated heterocycles. The zero-order valence-electron chi connectivity index (χ0n) is 14.3. The lowest BCUT2D eigenvalue weighted by Crippen LogP contribution is -1.99. The van der Waals surface area contributed by atoms with E-state index in [1.54, 1.807) is 38.7 Å². The highest BCUT2D eigenvalue weighted by molar-refractivity contribution is 5.97. The van der Waals surface area contributed by atoms with Crippen molar-refractivity contribution in [3.63, 3.8) is 0 Å². The molecule has 3 rings (SSSR count). The Morgan fingerprint density at radius 1 is 0.960 bits per heavy atom. The Bertz CT molecular complexity index is 923. The van der Waals surface area contributed by atoms with Gasteiger partial charge in [0.15, 0.2) is 6.29 Å². The van der Waals surface area contributed by atoms with Crippen molar-refractivity contribution in [1.82, 2.24) is 9.97 Å². The lowest BCUT2D eigenvalue weighted by Gasteiger charge is -2.17. The molecule has 1 aromatic carbocycles. The first-order chi connectivity index (χ1) is 12.2. The molecular weight excluding hydrogens is 316 g/mol. The molecular formula is C20H18N2O3. The quantitative estimate of drug-likeness (QED) is 0.661. The van der Waals surface area contributed by atoms with Gasteiger partial charge in [0.05, 0.1) is 19.9 Å². The number of hydrogen-bond donors (Lipinski definition) is 0. The van der Waals surface area contributed by atoms with Crippen molar-refractivity contribution in [2.45, 2.75) is 6.92 Å². The Morgan fingerprint density at radius 3 is 2.52 bits per heavy atom. The van der Waals surface area contributed by atoms with E-state index >= 15 is 0 Å². The second-order valence-corrected chi connectivity index (χ2v) is 5.48. The number of hydrogen-bond acceptors (Lipinski definition) is 5. The normalized spacial score (nSPS) is 10.4. The number of benzene rings is 1. The molecule has 5 heteroatoms. The fourth-order valence-electron chi connectivity index (χ4n) is 2.86. The number of nitrogens with zero attached hydrogens (tertiary/aromatic N) is 2. The molecule has 0 bridgehead atoms. The summed E-state index contributed by atoms with van der Waals surface area (Å²) < 4.78 is 10.7. The lowest BCUT2D eigenvalue weighted by molar-refractivity contribution is 0.112. The SMILES string of the molecule is COc1ccnc(-c2c(C=O)ccc(C)c2-c2cccnc2OC)c1. The minimum atomic E-state index is 0.498. The van der Waals surface area contributed by atoms with Crippen LogP contribution < -0.4 is 9.47 Å². The molecule has 0 aliphatic rings. The lowest BCUT2D eigenvalue weighted by atomic mass is 9.90. The maximum absolute atomic E-state index is 11.7. The van der Waals surface area contributed by atoms with Gasteiger partial charge in [-0.2, -0.15) is 0 Å². The van der Waals surface area contributed by atoms with E-state index in [1.807, 2.05) is 31.2 Å². The zero-order chi connectivity index (χ0) is 17.8. The monoisotopic (exact) mass is 334 g/mol. The topological polar surface area (TPSA) is 61.3 Å². The molecule has 25 heavy (non-hydrogen) atoms. The Hall–Kier alpha value is -3.21. The Morgan fingerprint density at radius 2 is 1.80 bits per heavy atom. The highest BCUT2D eigenvalue weighted by atomic mass is 16.5. The number of carbonyl (C=O) groups excluding carboxylic acids is 1. The van der Waals surface area contributed by atoms with Crippen molar-refractivity contribution in [3.8, 4) is 34.0 Å². The predicted molar refractivity (Wildman–Crippen MR) is 96.1 cm³/mol. The molecule has 2 heterocycles. The van der Waals surface area contributed by atoms with Gasteiger partial charge in [-0.25, -0.2) is 4.98 Å². The molecule has 0 saturated carbocycles. The first-order valence-electron chi connectivity index (χ1n) is 7.78. The average Bonchev–Trinajstić information content (AvgIpc) is 2.67. The van der Waals surface area contributed by atoms with E-state index in [2.05, 4.69) is 9.97 Å². The summed E-state index contributed by atoms with van der Waals surface area (Å²) in [6, 6.07) is 11.1. The molecule has 2 aromatic heterocycles. The summed E-state index contributed by atoms with van der Waals surface area (Å²) in [7, 11) is 3.18. The van der Waals surface area contributed by atoms with Gasteiger partial charge in [-0.05, 0) is 30.7 Å². The van der Waals surface area contributed by atoms with E-state index in [0.29, 0.717) is 22.9 Å². The summed E-state index contributed by atoms with van der Waals surface area (Å²) in [6.07, 6.45) is 4.17. The van der Waals surface area contributed by atoms with Gasteiger partial charge < -0.3 is 9.47 Å². The van der Waals surface area contributed by atoms with E-state index in [-0.39, 0.29) is 0 Å². The Kier molecular flexibility index (Phi) is 4.75. The Labute approximate surface area is 146 Å². The van der Waals surface area contributed by atoms with Crippen LogP contribution in [0.25, 0.3) is 22.4 Å². The van der Waals surface area contributed by atoms with Crippen molar-refractivity contribution < 1.29 is 14.3 Å². The predicted octanol–water partition coefficient (Wildman–Crippen LogP) is 3.95. The first-order valence-corrected chi connectivity index (χ1v) is 7.78. The molecule has 0 aliphatic carbocycles. The number of methoxy groups -OCH3 is 2. The minimum Gasteiger partial charge on any atom is -0.497 e. The molecule has 0 unspecified atom stereocenters. The number of aryl methyl sites for hydroxylation is 1. The molecule has 0 amide bonds. The third kappa shape index (κ3) is 3.08. The molecule has 0 aliphatic heterocycles. The standard InChI is InChI=1S/C20H18N2O3/c1-13-6-7-14(12-23)19(17-11-15(24-2)8-10-21-17)18(13)16-5-4-9-22-20(16)25-3/h4-12H,1-3H3. The van der Waals surface area contributed by atoms with Gasteiger partial charge >= 0.3 is 0 Å². The highest BCUT2D eigenvalue weighted by Gasteiger charge is 2.19. The smallest absolute Gasteiger partial charge is 0.221 e. The first kappa shape index (κ1) is 16.6. The van der Waals surface area contributed by atoms with Crippen LogP contribution in [-0.4, -0.2) is 30.5 Å². The van der Waals surface area contributed by atoms with E-state index < -0.39 is 0 Å². The second-order valence-electron chi connectivity index (χ2n) is 5.48. The van der Waals surface area contributed by atoms with Crippen LogP contribution in [0.3, 0.4) is 0 Å². The highest BCUT2D eigenvalue weighted by Crippen LogP contribution is 2.40. The van der Waals surface area contributed by atoms with Gasteiger partial charge in [0.1, 0.15) is 5.75 Å². The molecule has 126 valence electrons. The molecule has 0 N–H and O–H groups in total. The van der Waals surface area contributed by atoms with Crippen LogP contribution in [0.15, 0.2) is 48.8 Å². The third-order valence-corrected chi connectivity index (χ3v) is 4.03. The fraction of sp³-hybridized carbons (Fsp3) is 0.150. The maximum atomic E-state index is 11.7. The van der Waals surface area contributed by atoms with Crippen LogP contribution in [0, 0.1) is 6.92 Å². The molecule has 0 radical (unpaired) electrons. The number of aldehydes is 1. The summed E-state index contributed by atoms with van der Waals surface area (Å²) >= 11 is 0. The van der Waals surface area contributed by atoms with Crippen LogP contribution in [0.4, 0.5) is 0 Å². The van der Waals surface area contributed by atoms with Crippen LogP contribution >= 0.6 is 0 Å². The average molecular weight is 334 g/mol. The Balaban J connectivity index is 2.37. The van der Waals surface area contributed by atoms with Crippen molar-refractivity contribution in [2.24, 2.45) is 0 Å². The molecule has 0 fully saturated rings. The largest absolute Gasteiger partial charge is 0.497 e. The van der Waals surface area contributed by atoms with Crippen LogP contribution in [-0.2, 0) is 0 Å². The number of aromatic nitrogens is 2. The molecule has 0 atom stereocenters. The van der Waals surface area contributed by atoms with Crippen molar-refractivity contribution in [1.29, 1.82) is 0 Å². The van der Waals surface area contributed by atoms with Gasteiger partial charge in [0, 0.05) is 40.7 Å². The number of carbonyl (C=O) groups is 1. The van der Waals surface area contributed by atoms with E-state index in [1.165, 1.54) is 0 Å². The summed E-state index contributed by atoms with van der Waals surface area (Å²) in [5.74, 6) is 1.17. The summed E-state index contributed by atoms with van der Waals surface area (Å²) in [6.45, 7) is 1.99. The zero-order valence-corrected chi connectivity index (χ0v) is 14.3. The second kappa shape index (κ2) is 7.13. The molecule has 0 spiro atoms. The van der Waals surface area contributed by atoms with Gasteiger partial charge in [-0.1, -0.05) is 12.1 Å². The van der Waals surface area contributed by atoms with Gasteiger partial charge in [0.2, 0.25) is 5.88 Å². The van der Waals surface area contributed by atoms with Crippen LogP contribution in [0.1, 0.15) is 15.9 Å². The number of rotatable bonds is 5. The summed E-state index contributed by atoms with van der Waals surface area (Å²) in [5, 5.41) is 0. The fourth-order valence-corrected chi connectivity index (χ4v) is 2.86. The third-order valence-electron chi connectivity index (χ3n) is 4.03. The van der Waals surface area contributed by atoms with E-state index in [0.717, 1.165) is 28.5 Å². The van der Waals surface area contributed by atoms with Crippen LogP contribution in [0.5, 0.6) is 11.6 Å². The van der Waals surface area contributed by atoms with Gasteiger partial charge in [0.25, 0.3) is 0 Å². The minimum absolute atomic E-state index is 0.498. The van der Waals surface area contributed by atoms with Crippen LogP contribution in [0.2, 0.25) is 0 Å². The number of pyridine rings is 2. The van der Waals surface area contributed by atoms with Gasteiger partial charge in [-0.3, -0.25) is 9.78 Å². The molecule has 3 aromatic rings. The van der Waals surface area contributed by atoms with Gasteiger partial charge in [-0.15, -0.1) is 0 Å².